The number of pyridine rings is 2. The van der Waals surface area contributed by atoms with Crippen LogP contribution in [-0.4, -0.2) is 26.1 Å². The molecule has 6 heteroatoms. The van der Waals surface area contributed by atoms with E-state index in [9.17, 15) is 0 Å². The van der Waals surface area contributed by atoms with E-state index in [1.165, 1.54) is 0 Å². The molecule has 30 heavy (non-hydrogen) atoms. The summed E-state index contributed by atoms with van der Waals surface area (Å²) in [6.45, 7) is 8.34. The van der Waals surface area contributed by atoms with Crippen LogP contribution < -0.4 is 5.73 Å². The summed E-state index contributed by atoms with van der Waals surface area (Å²) in [5, 5.41) is 1.05. The van der Waals surface area contributed by atoms with Crippen molar-refractivity contribution in [3.63, 3.8) is 0 Å². The van der Waals surface area contributed by atoms with Crippen LogP contribution in [0.3, 0.4) is 0 Å². The first-order valence-electron chi connectivity index (χ1n) is 10.3. The van der Waals surface area contributed by atoms with Crippen molar-refractivity contribution in [3.05, 3.63) is 59.7 Å². The maximum atomic E-state index is 6.33. The summed E-state index contributed by atoms with van der Waals surface area (Å²) in [5.74, 6) is 1.81. The van der Waals surface area contributed by atoms with Crippen LogP contribution in [0.1, 0.15) is 37.7 Å². The van der Waals surface area contributed by atoms with Crippen molar-refractivity contribution in [3.8, 4) is 0 Å². The summed E-state index contributed by atoms with van der Waals surface area (Å²) < 4.78 is 7.89. The average Bonchev–Trinajstić information content (AvgIpc) is 3.10. The van der Waals surface area contributed by atoms with Gasteiger partial charge in [-0.1, -0.05) is 44.2 Å². The molecule has 4 rings (SSSR count). The second kappa shape index (κ2) is 8.63. The van der Waals surface area contributed by atoms with Gasteiger partial charge in [-0.15, -0.1) is 0 Å². The van der Waals surface area contributed by atoms with Gasteiger partial charge in [-0.2, -0.15) is 0 Å². The third-order valence-electron chi connectivity index (χ3n) is 4.94. The Labute approximate surface area is 176 Å². The second-order valence-corrected chi connectivity index (χ2v) is 7.76. The first-order valence-corrected chi connectivity index (χ1v) is 10.3. The van der Waals surface area contributed by atoms with Gasteiger partial charge in [-0.3, -0.25) is 4.98 Å². The van der Waals surface area contributed by atoms with Gasteiger partial charge in [0.2, 0.25) is 0 Å². The fourth-order valence-corrected chi connectivity index (χ4v) is 3.61. The normalized spacial score (nSPS) is 12.0. The first kappa shape index (κ1) is 20.0. The van der Waals surface area contributed by atoms with Gasteiger partial charge >= 0.3 is 0 Å². The highest BCUT2D eigenvalue weighted by atomic mass is 16.5. The minimum Gasteiger partial charge on any atom is -0.382 e. The van der Waals surface area contributed by atoms with E-state index in [-0.39, 0.29) is 0 Å². The zero-order valence-corrected chi connectivity index (χ0v) is 17.7. The Bertz CT molecular complexity index is 1190. The molecule has 3 heterocycles. The van der Waals surface area contributed by atoms with Gasteiger partial charge < -0.3 is 15.0 Å². The van der Waals surface area contributed by atoms with E-state index in [1.54, 1.807) is 6.20 Å². The highest BCUT2D eigenvalue weighted by Crippen LogP contribution is 2.30. The fourth-order valence-electron chi connectivity index (χ4n) is 3.61. The average molecular weight is 402 g/mol. The van der Waals surface area contributed by atoms with E-state index in [4.69, 9.17) is 15.5 Å². The van der Waals surface area contributed by atoms with Crippen molar-refractivity contribution in [2.24, 2.45) is 5.92 Å². The van der Waals surface area contributed by atoms with Gasteiger partial charge in [0.25, 0.3) is 0 Å². The Kier molecular flexibility index (Phi) is 5.77. The maximum Gasteiger partial charge on any atom is 0.152 e. The summed E-state index contributed by atoms with van der Waals surface area (Å²) in [6, 6.07) is 10.2. The van der Waals surface area contributed by atoms with Crippen LogP contribution in [0.5, 0.6) is 0 Å². The molecule has 0 aliphatic rings. The molecule has 0 spiro atoms. The van der Waals surface area contributed by atoms with E-state index >= 15 is 0 Å². The third kappa shape index (κ3) is 4.04. The minimum absolute atomic E-state index is 0.450. The number of rotatable bonds is 7. The van der Waals surface area contributed by atoms with Crippen LogP contribution in [0.25, 0.3) is 34.1 Å². The van der Waals surface area contributed by atoms with Gasteiger partial charge in [0.15, 0.2) is 5.82 Å². The van der Waals surface area contributed by atoms with Gasteiger partial charge in [0.1, 0.15) is 17.9 Å². The number of nitrogens with zero attached hydrogens (tertiary/aromatic N) is 4. The quantitative estimate of drug-likeness (QED) is 0.475. The molecule has 1 aromatic carbocycles. The van der Waals surface area contributed by atoms with Crippen molar-refractivity contribution < 1.29 is 4.74 Å². The van der Waals surface area contributed by atoms with Crippen LogP contribution >= 0.6 is 0 Å². The summed E-state index contributed by atoms with van der Waals surface area (Å²) in [4.78, 5) is 13.6. The van der Waals surface area contributed by atoms with Crippen LogP contribution in [0.15, 0.2) is 42.7 Å². The number of fused-ring (bicyclic) bond motifs is 3. The van der Waals surface area contributed by atoms with Crippen molar-refractivity contribution in [2.75, 3.05) is 12.3 Å². The van der Waals surface area contributed by atoms with Crippen LogP contribution in [0.4, 0.5) is 5.82 Å². The molecule has 0 saturated carbocycles. The Balaban J connectivity index is 1.83. The smallest absolute Gasteiger partial charge is 0.152 e. The number of nitrogen functional groups attached to an aromatic ring is 1. The number of ether oxygens (including phenoxy) is 1. The Morgan fingerprint density at radius 3 is 2.70 bits per heavy atom. The molecular weight excluding hydrogens is 374 g/mol. The molecule has 0 amide bonds. The molecule has 0 saturated heterocycles. The third-order valence-corrected chi connectivity index (χ3v) is 4.94. The van der Waals surface area contributed by atoms with Gasteiger partial charge in [-0.05, 0) is 36.1 Å². The number of imidazole rings is 1. The van der Waals surface area contributed by atoms with Crippen molar-refractivity contribution in [1.82, 2.24) is 19.5 Å². The molecule has 154 valence electrons. The van der Waals surface area contributed by atoms with Crippen molar-refractivity contribution in [1.29, 1.82) is 0 Å². The summed E-state index contributed by atoms with van der Waals surface area (Å²) in [7, 11) is 0. The van der Waals surface area contributed by atoms with E-state index in [0.29, 0.717) is 24.9 Å². The van der Waals surface area contributed by atoms with E-state index < -0.39 is 0 Å². The van der Waals surface area contributed by atoms with E-state index in [2.05, 4.69) is 52.7 Å². The number of aromatic nitrogens is 4. The van der Waals surface area contributed by atoms with Crippen LogP contribution in [0.2, 0.25) is 0 Å². The fraction of sp³-hybridized carbons (Fsp3) is 0.292. The molecule has 0 bridgehead atoms. The molecular formula is C24H27N5O. The lowest BCUT2D eigenvalue weighted by Gasteiger charge is -2.13. The second-order valence-electron chi connectivity index (χ2n) is 7.76. The molecule has 0 unspecified atom stereocenters. The lowest BCUT2D eigenvalue weighted by atomic mass is 10.1. The molecule has 4 aromatic rings. The number of hydrogen-bond acceptors (Lipinski definition) is 5. The van der Waals surface area contributed by atoms with Gasteiger partial charge in [0, 0.05) is 30.9 Å². The number of nitrogens with two attached hydrogens (primary N) is 1. The lowest BCUT2D eigenvalue weighted by molar-refractivity contribution is 0.125. The Morgan fingerprint density at radius 1 is 1.13 bits per heavy atom. The molecule has 0 aliphatic carbocycles. The summed E-state index contributed by atoms with van der Waals surface area (Å²) in [6.07, 6.45) is 7.71. The maximum absolute atomic E-state index is 6.33. The van der Waals surface area contributed by atoms with Gasteiger partial charge in [0.05, 0.1) is 11.0 Å². The predicted octanol–water partition coefficient (Wildman–Crippen LogP) is 4.92. The van der Waals surface area contributed by atoms with Crippen LogP contribution in [-0.2, 0) is 17.9 Å². The highest BCUT2D eigenvalue weighted by Gasteiger charge is 2.18. The number of anilines is 1. The number of benzene rings is 1. The summed E-state index contributed by atoms with van der Waals surface area (Å²) >= 11 is 0. The van der Waals surface area contributed by atoms with E-state index in [0.717, 1.165) is 45.4 Å². The predicted molar refractivity (Wildman–Crippen MR) is 123 cm³/mol. The number of hydrogen-bond donors (Lipinski definition) is 1. The van der Waals surface area contributed by atoms with Crippen molar-refractivity contribution in [2.45, 2.75) is 33.9 Å². The largest absolute Gasteiger partial charge is 0.382 e. The van der Waals surface area contributed by atoms with Crippen molar-refractivity contribution >= 4 is 39.9 Å². The molecule has 3 aromatic heterocycles. The monoisotopic (exact) mass is 401 g/mol. The topological polar surface area (TPSA) is 78.8 Å². The Morgan fingerprint density at radius 2 is 1.97 bits per heavy atom. The summed E-state index contributed by atoms with van der Waals surface area (Å²) in [5.41, 5.74) is 11.1. The zero-order chi connectivity index (χ0) is 21.1. The first-order chi connectivity index (χ1) is 14.6. The molecule has 0 atom stereocenters. The minimum atomic E-state index is 0.450. The molecule has 6 nitrogen and oxygen atoms in total. The van der Waals surface area contributed by atoms with Crippen LogP contribution in [0, 0.1) is 5.92 Å². The molecule has 2 N–H and O–H groups in total. The molecule has 0 radical (unpaired) electrons. The molecule has 0 aliphatic heterocycles. The lowest BCUT2D eigenvalue weighted by Crippen LogP contribution is -2.10. The standard InChI is InChI=1S/C24H27N5O/c1-4-30-15-21-28-22-23(29(21)14-16(2)3)19-10-9-17(12-20(19)27-24(22)25)7-8-18-6-5-11-26-13-18/h5-13,16H,4,14-15H2,1-3H3,(H2,25,27). The zero-order valence-electron chi connectivity index (χ0n) is 17.7. The van der Waals surface area contributed by atoms with E-state index in [1.807, 2.05) is 31.3 Å². The molecule has 0 fully saturated rings. The SMILES string of the molecule is CCOCc1nc2c(N)nc3cc(C=Cc4cccnc4)ccc3c2n1CC(C)C. The highest BCUT2D eigenvalue weighted by molar-refractivity contribution is 6.07. The van der Waals surface area contributed by atoms with Gasteiger partial charge in [-0.25, -0.2) is 9.97 Å². The Hall–Kier alpha value is -3.25.